The molecule has 7 heavy (non-hydrogen) atoms. The molecule has 0 fully saturated rings. The average molecular weight is 198 g/mol. The van der Waals surface area contributed by atoms with E-state index in [2.05, 4.69) is 6.92 Å². The highest BCUT2D eigenvalue weighted by Crippen LogP contribution is 1.93. The monoisotopic (exact) mass is 196 g/mol. The first kappa shape index (κ1) is 11.3. The molecule has 0 aromatic carbocycles. The summed E-state index contributed by atoms with van der Waals surface area (Å²) in [6, 6.07) is 0. The summed E-state index contributed by atoms with van der Waals surface area (Å²) in [6.07, 6.45) is 2.65. The van der Waals surface area contributed by atoms with Crippen LogP contribution in [-0.2, 0) is 0 Å². The minimum absolute atomic E-state index is 0. The second kappa shape index (κ2) is 10.5. The molecule has 0 saturated carbocycles. The van der Waals surface area contributed by atoms with Gasteiger partial charge in [0, 0.05) is 0 Å². The van der Waals surface area contributed by atoms with Gasteiger partial charge in [-0.2, -0.15) is 0 Å². The van der Waals surface area contributed by atoms with Crippen LogP contribution in [0.5, 0.6) is 0 Å². The summed E-state index contributed by atoms with van der Waals surface area (Å²) in [5.74, 6) is 0. The van der Waals surface area contributed by atoms with Crippen molar-refractivity contribution in [1.82, 2.24) is 0 Å². The molecule has 0 N–H and O–H groups in total. The van der Waals surface area contributed by atoms with Crippen LogP contribution in [-0.4, -0.2) is 19.3 Å². The van der Waals surface area contributed by atoms with Gasteiger partial charge in [0.25, 0.3) is 0 Å². The van der Waals surface area contributed by atoms with Crippen LogP contribution in [0, 0.1) is 0 Å². The lowest BCUT2D eigenvalue weighted by Crippen LogP contribution is -1.73. The Hall–Kier alpha value is 1.54. The molecule has 42 valence electrons. The van der Waals surface area contributed by atoms with Gasteiger partial charge in [0.15, 0.2) is 0 Å². The maximum absolute atomic E-state index is 5.52. The van der Waals surface area contributed by atoms with Gasteiger partial charge in [-0.25, -0.2) is 0 Å². The number of hydrogen-bond acceptors (Lipinski definition) is 0. The first-order chi connectivity index (χ1) is 2.91. The fraction of sp³-hybridized carbons (Fsp3) is 1.00. The lowest BCUT2D eigenvalue weighted by Gasteiger charge is -1.82. The van der Waals surface area contributed by atoms with Crippen LogP contribution in [0.25, 0.3) is 0 Å². The van der Waals surface area contributed by atoms with E-state index in [0.29, 0.717) is 0 Å². The molecule has 0 aromatic heterocycles. The fourth-order valence-electron chi connectivity index (χ4n) is 0.344. The van der Waals surface area contributed by atoms with Crippen molar-refractivity contribution in [2.24, 2.45) is 0 Å². The normalized spacial score (nSPS) is 6.57. The van der Waals surface area contributed by atoms with E-state index in [0.717, 1.165) is 0 Å². The van der Waals surface area contributed by atoms with Crippen LogP contribution in [0.4, 0.5) is 0 Å². The van der Waals surface area contributed by atoms with Crippen molar-refractivity contribution in [3.05, 3.63) is 0 Å². The zero-order valence-electron chi connectivity index (χ0n) is 4.61. The largest absolute Gasteiger partial charge is 0.501 e. The SMILES string of the molecule is Br.CCC[CH2][Mg][Cl]. The van der Waals surface area contributed by atoms with Gasteiger partial charge in [0.2, 0.25) is 0 Å². The standard InChI is InChI=1S/C4H9.BrH.ClH.Mg/c1-3-4-2;;;/h1,3-4H2,2H3;2*1H;/q;;;+1/p-1. The van der Waals surface area contributed by atoms with Gasteiger partial charge in [-0.05, 0) is 0 Å². The summed E-state index contributed by atoms with van der Waals surface area (Å²) in [4.78, 5) is 0. The third kappa shape index (κ3) is 11.2. The molecule has 0 bridgehead atoms. The van der Waals surface area contributed by atoms with E-state index >= 15 is 0 Å². The molecule has 0 unspecified atom stereocenters. The van der Waals surface area contributed by atoms with Gasteiger partial charge in [0.1, 0.15) is 0 Å². The molecule has 0 rings (SSSR count). The molecular weight excluding hydrogens is 188 g/mol. The summed E-state index contributed by atoms with van der Waals surface area (Å²) in [5.41, 5.74) is 0. The van der Waals surface area contributed by atoms with Crippen molar-refractivity contribution in [3.63, 3.8) is 0 Å². The maximum atomic E-state index is 5.52. The van der Waals surface area contributed by atoms with E-state index in [-0.39, 0.29) is 36.2 Å². The minimum Gasteiger partial charge on any atom is -0.346 e. The Labute approximate surface area is 69.3 Å². The van der Waals surface area contributed by atoms with Gasteiger partial charge >= 0.3 is 19.3 Å². The smallest absolute Gasteiger partial charge is 0.346 e. The molecule has 0 nitrogen and oxygen atoms in total. The first-order valence-electron chi connectivity index (χ1n) is 2.47. The first-order valence-corrected chi connectivity index (χ1v) is 5.61. The van der Waals surface area contributed by atoms with Crippen LogP contribution < -0.4 is 0 Å². The molecule has 0 spiro atoms. The third-order valence-corrected chi connectivity index (χ3v) is 2.31. The van der Waals surface area contributed by atoms with Crippen molar-refractivity contribution in [2.75, 3.05) is 0 Å². The Bertz CT molecular complexity index is 23.7. The van der Waals surface area contributed by atoms with Gasteiger partial charge in [-0.15, -0.1) is 21.5 Å². The summed E-state index contributed by atoms with van der Waals surface area (Å²) in [6.45, 7) is 2.20. The molecule has 0 aliphatic heterocycles. The third-order valence-electron chi connectivity index (χ3n) is 0.737. The Morgan fingerprint density at radius 3 is 2.29 bits per heavy atom. The van der Waals surface area contributed by atoms with E-state index in [9.17, 15) is 0 Å². The molecule has 0 amide bonds. The quantitative estimate of drug-likeness (QED) is 0.482. The van der Waals surface area contributed by atoms with E-state index in [4.69, 9.17) is 9.07 Å². The van der Waals surface area contributed by atoms with E-state index in [1.165, 1.54) is 17.4 Å². The van der Waals surface area contributed by atoms with Crippen LogP contribution in [0.2, 0.25) is 4.55 Å². The highest BCUT2D eigenvalue weighted by Gasteiger charge is 1.85. The van der Waals surface area contributed by atoms with Crippen LogP contribution in [0.15, 0.2) is 0 Å². The van der Waals surface area contributed by atoms with E-state index in [1.54, 1.807) is 0 Å². The summed E-state index contributed by atoms with van der Waals surface area (Å²) < 4.78 is 1.32. The fourth-order valence-corrected chi connectivity index (χ4v) is 1.60. The van der Waals surface area contributed by atoms with E-state index in [1.807, 2.05) is 0 Å². The second-order valence-corrected chi connectivity index (χ2v) is 3.62. The predicted octanol–water partition coefficient (Wildman–Crippen LogP) is 2.64. The lowest BCUT2D eigenvalue weighted by molar-refractivity contribution is 0.882. The van der Waals surface area contributed by atoms with Crippen LogP contribution in [0.1, 0.15) is 19.8 Å². The zero-order chi connectivity index (χ0) is 4.83. The number of rotatable bonds is 3. The highest BCUT2D eigenvalue weighted by atomic mass is 79.9. The molecule has 0 atom stereocenters. The summed E-state index contributed by atoms with van der Waals surface area (Å²) >= 11 is -0.125. The van der Waals surface area contributed by atoms with Crippen molar-refractivity contribution in [1.29, 1.82) is 0 Å². The molecule has 0 heterocycles. The van der Waals surface area contributed by atoms with Crippen molar-refractivity contribution >= 4 is 45.3 Å². The Morgan fingerprint density at radius 1 is 1.57 bits per heavy atom. The molecule has 0 radical (unpaired) electrons. The second-order valence-electron chi connectivity index (χ2n) is 1.40. The molecule has 0 saturated heterocycles. The topological polar surface area (TPSA) is 0 Å². The lowest BCUT2D eigenvalue weighted by atomic mass is 10.4. The molecular formula is C4H10BrClMg. The average Bonchev–Trinajstić information content (AvgIpc) is 1.61. The van der Waals surface area contributed by atoms with Gasteiger partial charge in [0.05, 0.1) is 0 Å². The van der Waals surface area contributed by atoms with Crippen molar-refractivity contribution in [3.8, 4) is 0 Å². The zero-order valence-corrected chi connectivity index (χ0v) is 8.50. The van der Waals surface area contributed by atoms with Gasteiger partial charge in [-0.3, -0.25) is 0 Å². The summed E-state index contributed by atoms with van der Waals surface area (Å²) in [5, 5.41) is 0. The number of halogens is 2. The molecule has 0 aliphatic rings. The van der Waals surface area contributed by atoms with Crippen LogP contribution in [0.3, 0.4) is 0 Å². The van der Waals surface area contributed by atoms with Crippen LogP contribution >= 0.6 is 26.1 Å². The predicted molar refractivity (Wildman–Crippen MR) is 41.6 cm³/mol. The van der Waals surface area contributed by atoms with Crippen molar-refractivity contribution in [2.45, 2.75) is 24.3 Å². The minimum atomic E-state index is -0.125. The Morgan fingerprint density at radius 2 is 2.14 bits per heavy atom. The molecule has 0 aromatic rings. The number of hydrogen-bond donors (Lipinski definition) is 0. The highest BCUT2D eigenvalue weighted by molar-refractivity contribution is 8.93. The van der Waals surface area contributed by atoms with Gasteiger partial charge < -0.3 is 9.07 Å². The van der Waals surface area contributed by atoms with Crippen molar-refractivity contribution < 1.29 is 0 Å². The maximum Gasteiger partial charge on any atom is 0.501 e. The Kier molecular flexibility index (Phi) is 17.0. The van der Waals surface area contributed by atoms with Gasteiger partial charge in [-0.1, -0.05) is 19.8 Å². The van der Waals surface area contributed by atoms with E-state index < -0.39 is 0 Å². The number of unbranched alkanes of at least 4 members (excludes halogenated alkanes) is 1. The summed E-state index contributed by atoms with van der Waals surface area (Å²) in [7, 11) is 5.52. The molecule has 3 heteroatoms. The Balaban J connectivity index is 0. The molecule has 0 aliphatic carbocycles.